The van der Waals surface area contributed by atoms with E-state index in [0.29, 0.717) is 0 Å². The second-order valence-electron chi connectivity index (χ2n) is 10.3. The fraction of sp³-hybridized carbons (Fsp3) is 0.462. The third kappa shape index (κ3) is 4.45. The summed E-state index contributed by atoms with van der Waals surface area (Å²) in [5, 5.41) is 6.41. The van der Waals surface area contributed by atoms with E-state index in [1.54, 1.807) is 0 Å². The van der Waals surface area contributed by atoms with E-state index in [-0.39, 0.29) is 5.54 Å². The molecule has 0 saturated heterocycles. The van der Waals surface area contributed by atoms with Gasteiger partial charge in [0, 0.05) is 27.2 Å². The van der Waals surface area contributed by atoms with Gasteiger partial charge >= 0.3 is 0 Å². The smallest absolute Gasteiger partial charge is 0.242 e. The fourth-order valence-corrected chi connectivity index (χ4v) is 5.06. The van der Waals surface area contributed by atoms with Gasteiger partial charge in [-0.25, -0.2) is 0 Å². The van der Waals surface area contributed by atoms with Gasteiger partial charge in [0.15, 0.2) is 0 Å². The Labute approximate surface area is 177 Å². The van der Waals surface area contributed by atoms with E-state index in [2.05, 4.69) is 96.8 Å². The Morgan fingerprint density at radius 2 is 1.76 bits per heavy atom. The van der Waals surface area contributed by atoms with Crippen LogP contribution in [0.4, 0.5) is 5.69 Å². The Bertz CT molecular complexity index is 1050. The van der Waals surface area contributed by atoms with Gasteiger partial charge in [0.25, 0.3) is 0 Å². The summed E-state index contributed by atoms with van der Waals surface area (Å²) < 4.78 is 6.84. The molecule has 0 aromatic heterocycles. The van der Waals surface area contributed by atoms with Crippen LogP contribution < -0.4 is 20.2 Å². The van der Waals surface area contributed by atoms with Crippen molar-refractivity contribution in [1.29, 1.82) is 0 Å². The molecule has 0 aliphatic heterocycles. The minimum Gasteiger partial charge on any atom is -0.543 e. The Morgan fingerprint density at radius 3 is 2.34 bits per heavy atom. The van der Waals surface area contributed by atoms with Gasteiger partial charge < -0.3 is 9.74 Å². The normalized spacial score (nSPS) is 14.1. The number of hydrogen-bond acceptors (Lipinski definition) is 2. The number of rotatable bonds is 5. The highest BCUT2D eigenvalue weighted by molar-refractivity contribution is 6.70. The minimum absolute atomic E-state index is 0.0156. The molecule has 0 bridgehead atoms. The highest BCUT2D eigenvalue weighted by atomic mass is 28.4. The quantitative estimate of drug-likeness (QED) is 0.508. The van der Waals surface area contributed by atoms with Gasteiger partial charge in [-0.3, -0.25) is 0 Å². The molecule has 0 radical (unpaired) electrons. The Hall–Kier alpha value is -2.00. The van der Waals surface area contributed by atoms with E-state index in [1.165, 1.54) is 44.0 Å². The summed E-state index contributed by atoms with van der Waals surface area (Å²) in [4.78, 5) is 0. The van der Waals surface area contributed by atoms with E-state index in [1.807, 2.05) is 0 Å². The van der Waals surface area contributed by atoms with E-state index in [0.717, 1.165) is 18.6 Å². The van der Waals surface area contributed by atoms with Gasteiger partial charge in [-0.15, -0.1) is 0 Å². The van der Waals surface area contributed by atoms with Gasteiger partial charge in [-0.1, -0.05) is 43.2 Å². The third-order valence-corrected chi connectivity index (χ3v) is 6.05. The molecular weight excluding hydrogens is 370 g/mol. The average Bonchev–Trinajstić information content (AvgIpc) is 2.96. The largest absolute Gasteiger partial charge is 0.543 e. The Balaban J connectivity index is 2.51. The van der Waals surface area contributed by atoms with Crippen LogP contribution in [0.5, 0.6) is 5.75 Å². The lowest BCUT2D eigenvalue weighted by Crippen LogP contribution is -2.37. The lowest BCUT2D eigenvalue weighted by Gasteiger charge is -2.28. The maximum absolute atomic E-state index is 6.84. The topological polar surface area (TPSA) is 21.3 Å². The maximum Gasteiger partial charge on any atom is 0.242 e. The highest BCUT2D eigenvalue weighted by Crippen LogP contribution is 2.36. The van der Waals surface area contributed by atoms with Crippen LogP contribution in [0.25, 0.3) is 22.8 Å². The summed E-state index contributed by atoms with van der Waals surface area (Å²) in [6.07, 6.45) is 4.56. The number of nitrogens with one attached hydrogen (secondary N) is 1. The first-order valence-corrected chi connectivity index (χ1v) is 14.3. The summed E-state index contributed by atoms with van der Waals surface area (Å²) in [6, 6.07) is 8.72. The summed E-state index contributed by atoms with van der Waals surface area (Å²) >= 11 is 0. The van der Waals surface area contributed by atoms with Crippen molar-refractivity contribution in [2.45, 2.75) is 79.6 Å². The van der Waals surface area contributed by atoms with E-state index >= 15 is 0 Å². The SMILES string of the molecule is CCCC(C)=c1c(C)c(NC(C)(C)C)c2c(c1O[Si](C)(C)C)-c1ccccc1C=2. The van der Waals surface area contributed by atoms with Crippen LogP contribution in [0.1, 0.15) is 58.6 Å². The van der Waals surface area contributed by atoms with Crippen LogP contribution in [0.2, 0.25) is 19.6 Å². The highest BCUT2D eigenvalue weighted by Gasteiger charge is 2.28. The Morgan fingerprint density at radius 1 is 1.10 bits per heavy atom. The van der Waals surface area contributed by atoms with Gasteiger partial charge in [-0.2, -0.15) is 0 Å². The zero-order chi connectivity index (χ0) is 21.6. The molecule has 2 aromatic rings. The summed E-state index contributed by atoms with van der Waals surface area (Å²) in [5.74, 6) is 1.10. The molecule has 0 amide bonds. The zero-order valence-electron chi connectivity index (χ0n) is 19.7. The molecule has 2 nitrogen and oxygen atoms in total. The van der Waals surface area contributed by atoms with Crippen molar-refractivity contribution in [2.24, 2.45) is 0 Å². The van der Waals surface area contributed by atoms with E-state index in [9.17, 15) is 0 Å². The monoisotopic (exact) mass is 407 g/mol. The van der Waals surface area contributed by atoms with Crippen molar-refractivity contribution < 1.29 is 4.43 Å². The zero-order valence-corrected chi connectivity index (χ0v) is 20.7. The van der Waals surface area contributed by atoms with Gasteiger partial charge in [0.1, 0.15) is 5.75 Å². The molecule has 1 N–H and O–H groups in total. The van der Waals surface area contributed by atoms with Gasteiger partial charge in [-0.05, 0) is 83.4 Å². The molecule has 3 heteroatoms. The number of benzene rings is 2. The first-order valence-electron chi connectivity index (χ1n) is 10.9. The van der Waals surface area contributed by atoms with Gasteiger partial charge in [0.05, 0.1) is 0 Å². The minimum atomic E-state index is -1.80. The summed E-state index contributed by atoms with van der Waals surface area (Å²) in [6.45, 7) is 20.3. The lowest BCUT2D eigenvalue weighted by molar-refractivity contribution is 0.552. The predicted octanol–water partition coefficient (Wildman–Crippen LogP) is 6.20. The van der Waals surface area contributed by atoms with Crippen molar-refractivity contribution in [1.82, 2.24) is 0 Å². The van der Waals surface area contributed by atoms with Gasteiger partial charge in [0.2, 0.25) is 8.32 Å². The second kappa shape index (κ2) is 7.68. The van der Waals surface area contributed by atoms with Crippen molar-refractivity contribution in [3.63, 3.8) is 0 Å². The van der Waals surface area contributed by atoms with Crippen molar-refractivity contribution >= 4 is 25.7 Å². The number of anilines is 1. The van der Waals surface area contributed by atoms with E-state index < -0.39 is 8.32 Å². The molecule has 3 rings (SSSR count). The van der Waals surface area contributed by atoms with Crippen LogP contribution >= 0.6 is 0 Å². The first-order chi connectivity index (χ1) is 13.4. The van der Waals surface area contributed by atoms with Crippen LogP contribution in [-0.4, -0.2) is 13.9 Å². The lowest BCUT2D eigenvalue weighted by atomic mass is 9.94. The molecule has 1 aliphatic rings. The average molecular weight is 408 g/mol. The standard InChI is InChI=1S/C26H37NOSi/c1-10-13-17(2)22-18(3)24(27-26(4,5)6)21-16-19-14-11-12-15-20(19)23(21)25(22)28-29(7,8)9/h11-12,14-16,27H,10,13H2,1-9H3. The van der Waals surface area contributed by atoms with Crippen LogP contribution in [0, 0.1) is 6.92 Å². The molecule has 0 fully saturated rings. The van der Waals surface area contributed by atoms with Crippen LogP contribution in [0.3, 0.4) is 0 Å². The van der Waals surface area contributed by atoms with Crippen molar-refractivity contribution in [2.75, 3.05) is 5.32 Å². The number of fused-ring (bicyclic) bond motifs is 3. The first kappa shape index (κ1) is 21.7. The summed E-state index contributed by atoms with van der Waals surface area (Å²) in [5.41, 5.74) is 7.80. The molecule has 2 aromatic carbocycles. The maximum atomic E-state index is 6.84. The summed E-state index contributed by atoms with van der Waals surface area (Å²) in [7, 11) is -1.80. The van der Waals surface area contributed by atoms with Crippen LogP contribution in [0.15, 0.2) is 24.3 Å². The fourth-order valence-electron chi connectivity index (χ4n) is 4.25. The van der Waals surface area contributed by atoms with Crippen molar-refractivity contribution in [3.05, 3.63) is 45.8 Å². The molecule has 156 valence electrons. The molecule has 0 unspecified atom stereocenters. The van der Waals surface area contributed by atoms with Crippen LogP contribution in [-0.2, 0) is 0 Å². The third-order valence-electron chi connectivity index (χ3n) is 5.23. The van der Waals surface area contributed by atoms with E-state index in [4.69, 9.17) is 4.43 Å². The number of hydrogen-bond donors (Lipinski definition) is 1. The van der Waals surface area contributed by atoms with Crippen molar-refractivity contribution in [3.8, 4) is 16.9 Å². The second-order valence-corrected chi connectivity index (χ2v) is 14.8. The molecule has 0 saturated carbocycles. The molecular formula is C26H37NOSi. The molecule has 29 heavy (non-hydrogen) atoms. The molecule has 1 aliphatic carbocycles. The molecule has 0 spiro atoms. The Kier molecular flexibility index (Phi) is 5.75. The molecule has 0 heterocycles. The molecule has 0 atom stereocenters. The predicted molar refractivity (Wildman–Crippen MR) is 131 cm³/mol.